The second-order valence-corrected chi connectivity index (χ2v) is 10.2. The third kappa shape index (κ3) is 5.83. The number of hydrazone groups is 1. The van der Waals surface area contributed by atoms with Crippen LogP contribution in [-0.2, 0) is 14.8 Å². The molecule has 8 heteroatoms. The second kappa shape index (κ2) is 10.1. The Morgan fingerprint density at radius 1 is 1.00 bits per heavy atom. The van der Waals surface area contributed by atoms with E-state index in [4.69, 9.17) is 0 Å². The molecule has 0 aliphatic carbocycles. The van der Waals surface area contributed by atoms with E-state index in [2.05, 4.69) is 26.5 Å². The SMILES string of the molecule is Cc1ccc(S(=O)(=O)N(CC(=O)N/N=C\c2cccc(Br)c2)c2ccc(C)c(C)c2)cc1. The molecule has 0 fully saturated rings. The van der Waals surface area contributed by atoms with Gasteiger partial charge in [0.15, 0.2) is 0 Å². The Hall–Kier alpha value is -2.97. The van der Waals surface area contributed by atoms with Crippen LogP contribution in [0.4, 0.5) is 5.69 Å². The number of hydrogen-bond donors (Lipinski definition) is 1. The van der Waals surface area contributed by atoms with Gasteiger partial charge in [-0.25, -0.2) is 13.8 Å². The third-order valence-corrected chi connectivity index (χ3v) is 7.21. The fraction of sp³-hybridized carbons (Fsp3) is 0.167. The smallest absolute Gasteiger partial charge is 0.264 e. The summed E-state index contributed by atoms with van der Waals surface area (Å²) in [5, 5.41) is 3.96. The van der Waals surface area contributed by atoms with Gasteiger partial charge in [-0.15, -0.1) is 0 Å². The first kappa shape index (κ1) is 23.7. The van der Waals surface area contributed by atoms with Crippen molar-refractivity contribution < 1.29 is 13.2 Å². The quantitative estimate of drug-likeness (QED) is 0.366. The summed E-state index contributed by atoms with van der Waals surface area (Å²) in [6.45, 7) is 5.32. The molecule has 0 aliphatic heterocycles. The Labute approximate surface area is 197 Å². The topological polar surface area (TPSA) is 78.8 Å². The summed E-state index contributed by atoms with van der Waals surface area (Å²) in [6.07, 6.45) is 1.50. The molecule has 3 aromatic rings. The van der Waals surface area contributed by atoms with E-state index >= 15 is 0 Å². The maximum atomic E-state index is 13.4. The number of carbonyl (C=O) groups is 1. The number of carbonyl (C=O) groups excluding carboxylic acids is 1. The van der Waals surface area contributed by atoms with E-state index in [1.165, 1.54) is 6.21 Å². The van der Waals surface area contributed by atoms with Crippen molar-refractivity contribution in [3.05, 3.63) is 93.5 Å². The van der Waals surface area contributed by atoms with E-state index in [1.54, 1.807) is 36.4 Å². The van der Waals surface area contributed by atoms with Crippen LogP contribution in [0.25, 0.3) is 0 Å². The standard InChI is InChI=1S/C24H24BrN3O3S/c1-17-7-11-23(12-8-17)32(30,31)28(22-10-9-18(2)19(3)13-22)16-24(29)27-26-15-20-5-4-6-21(25)14-20/h4-15H,16H2,1-3H3,(H,27,29)/b26-15-. The van der Waals surface area contributed by atoms with Crippen molar-refractivity contribution in [2.24, 2.45) is 5.10 Å². The van der Waals surface area contributed by atoms with Crippen molar-refractivity contribution in [1.82, 2.24) is 5.43 Å². The van der Waals surface area contributed by atoms with Gasteiger partial charge in [0.25, 0.3) is 15.9 Å². The minimum atomic E-state index is -3.96. The zero-order valence-corrected chi connectivity index (χ0v) is 20.4. The average molecular weight is 514 g/mol. The molecule has 6 nitrogen and oxygen atoms in total. The molecule has 0 atom stereocenters. The normalized spacial score (nSPS) is 11.5. The zero-order valence-electron chi connectivity index (χ0n) is 18.0. The minimum Gasteiger partial charge on any atom is -0.271 e. The Balaban J connectivity index is 1.87. The molecule has 1 N–H and O–H groups in total. The fourth-order valence-electron chi connectivity index (χ4n) is 2.96. The second-order valence-electron chi connectivity index (χ2n) is 7.44. The molecule has 0 bridgehead atoms. The van der Waals surface area contributed by atoms with Gasteiger partial charge >= 0.3 is 0 Å². The highest BCUT2D eigenvalue weighted by Gasteiger charge is 2.27. The molecule has 0 saturated carbocycles. The molecule has 0 aliphatic rings. The first-order valence-corrected chi connectivity index (χ1v) is 12.1. The lowest BCUT2D eigenvalue weighted by Crippen LogP contribution is -2.39. The predicted octanol–water partition coefficient (Wildman–Crippen LogP) is 4.72. The van der Waals surface area contributed by atoms with Crippen molar-refractivity contribution in [3.63, 3.8) is 0 Å². The minimum absolute atomic E-state index is 0.117. The lowest BCUT2D eigenvalue weighted by molar-refractivity contribution is -0.119. The number of rotatable bonds is 7. The summed E-state index contributed by atoms with van der Waals surface area (Å²) in [5.41, 5.74) is 6.53. The summed E-state index contributed by atoms with van der Waals surface area (Å²) in [7, 11) is -3.96. The van der Waals surface area contributed by atoms with Gasteiger partial charge in [0, 0.05) is 4.47 Å². The molecule has 166 valence electrons. The highest BCUT2D eigenvalue weighted by molar-refractivity contribution is 9.10. The zero-order chi connectivity index (χ0) is 23.3. The summed E-state index contributed by atoms with van der Waals surface area (Å²) < 4.78 is 28.8. The Bertz CT molecular complexity index is 1260. The van der Waals surface area contributed by atoms with Crippen molar-refractivity contribution in [2.75, 3.05) is 10.8 Å². The first-order valence-electron chi connectivity index (χ1n) is 9.91. The predicted molar refractivity (Wildman–Crippen MR) is 132 cm³/mol. The maximum Gasteiger partial charge on any atom is 0.264 e. The molecule has 32 heavy (non-hydrogen) atoms. The van der Waals surface area contributed by atoms with Gasteiger partial charge in [-0.05, 0) is 73.9 Å². The first-order chi connectivity index (χ1) is 15.2. The summed E-state index contributed by atoms with van der Waals surface area (Å²) in [4.78, 5) is 12.7. The lowest BCUT2D eigenvalue weighted by Gasteiger charge is -2.24. The lowest BCUT2D eigenvalue weighted by atomic mass is 10.1. The van der Waals surface area contributed by atoms with E-state index in [9.17, 15) is 13.2 Å². The monoisotopic (exact) mass is 513 g/mol. The van der Waals surface area contributed by atoms with Gasteiger partial charge in [-0.1, -0.05) is 51.8 Å². The van der Waals surface area contributed by atoms with Crippen molar-refractivity contribution >= 4 is 43.8 Å². The Morgan fingerprint density at radius 3 is 2.38 bits per heavy atom. The highest BCUT2D eigenvalue weighted by Crippen LogP contribution is 2.26. The van der Waals surface area contributed by atoms with Gasteiger partial charge in [-0.3, -0.25) is 9.10 Å². The molecule has 0 unspecified atom stereocenters. The van der Waals surface area contributed by atoms with Crippen molar-refractivity contribution in [3.8, 4) is 0 Å². The van der Waals surface area contributed by atoms with Gasteiger partial charge in [0.1, 0.15) is 6.54 Å². The Kier molecular flexibility index (Phi) is 7.48. The number of nitrogens with one attached hydrogen (secondary N) is 1. The molecular weight excluding hydrogens is 490 g/mol. The van der Waals surface area contributed by atoms with Crippen LogP contribution in [0.1, 0.15) is 22.3 Å². The van der Waals surface area contributed by atoms with Crippen LogP contribution in [0.2, 0.25) is 0 Å². The maximum absolute atomic E-state index is 13.4. The Morgan fingerprint density at radius 2 is 1.72 bits per heavy atom. The van der Waals surface area contributed by atoms with E-state index < -0.39 is 22.5 Å². The molecule has 0 spiro atoms. The number of benzene rings is 3. The number of hydrogen-bond acceptors (Lipinski definition) is 4. The van der Waals surface area contributed by atoms with Crippen molar-refractivity contribution in [1.29, 1.82) is 0 Å². The van der Waals surface area contributed by atoms with E-state index in [0.717, 1.165) is 31.0 Å². The fourth-order valence-corrected chi connectivity index (χ4v) is 4.79. The van der Waals surface area contributed by atoms with E-state index in [-0.39, 0.29) is 4.90 Å². The largest absolute Gasteiger partial charge is 0.271 e. The summed E-state index contributed by atoms with van der Waals surface area (Å²) in [6, 6.07) is 19.3. The highest BCUT2D eigenvalue weighted by atomic mass is 79.9. The van der Waals surface area contributed by atoms with Gasteiger partial charge < -0.3 is 0 Å². The van der Waals surface area contributed by atoms with Gasteiger partial charge in [-0.2, -0.15) is 5.10 Å². The van der Waals surface area contributed by atoms with Crippen LogP contribution < -0.4 is 9.73 Å². The van der Waals surface area contributed by atoms with Gasteiger partial charge in [0.2, 0.25) is 0 Å². The molecule has 0 saturated heterocycles. The van der Waals surface area contributed by atoms with Crippen LogP contribution in [0, 0.1) is 20.8 Å². The summed E-state index contributed by atoms with van der Waals surface area (Å²) >= 11 is 3.38. The number of aryl methyl sites for hydroxylation is 3. The van der Waals surface area contributed by atoms with Crippen LogP contribution >= 0.6 is 15.9 Å². The number of nitrogens with zero attached hydrogens (tertiary/aromatic N) is 2. The summed E-state index contributed by atoms with van der Waals surface area (Å²) in [5.74, 6) is -0.551. The number of sulfonamides is 1. The van der Waals surface area contributed by atoms with E-state index in [0.29, 0.717) is 5.69 Å². The number of halogens is 1. The average Bonchev–Trinajstić information content (AvgIpc) is 2.74. The van der Waals surface area contributed by atoms with Crippen LogP contribution in [0.5, 0.6) is 0 Å². The molecule has 3 aromatic carbocycles. The molecule has 0 aromatic heterocycles. The number of amides is 1. The van der Waals surface area contributed by atoms with Crippen LogP contribution in [0.3, 0.4) is 0 Å². The molecule has 0 heterocycles. The third-order valence-electron chi connectivity index (χ3n) is 4.93. The van der Waals surface area contributed by atoms with Crippen LogP contribution in [0.15, 0.2) is 81.2 Å². The van der Waals surface area contributed by atoms with Crippen LogP contribution in [-0.4, -0.2) is 27.1 Å². The molecule has 3 rings (SSSR count). The molecule has 1 amide bonds. The molecule has 0 radical (unpaired) electrons. The molecular formula is C24H24BrN3O3S. The van der Waals surface area contributed by atoms with E-state index in [1.807, 2.05) is 51.1 Å². The van der Waals surface area contributed by atoms with Crippen molar-refractivity contribution in [2.45, 2.75) is 25.7 Å². The van der Waals surface area contributed by atoms with Gasteiger partial charge in [0.05, 0.1) is 16.8 Å². The number of anilines is 1.